The van der Waals surface area contributed by atoms with Gasteiger partial charge in [-0.2, -0.15) is 5.10 Å². The summed E-state index contributed by atoms with van der Waals surface area (Å²) in [5, 5.41) is 5.53. The molecule has 0 aliphatic heterocycles. The number of hydrogen-bond donors (Lipinski definition) is 1. The van der Waals surface area contributed by atoms with Gasteiger partial charge >= 0.3 is 5.69 Å². The number of hydrazone groups is 1. The van der Waals surface area contributed by atoms with Crippen molar-refractivity contribution in [3.05, 3.63) is 74.6 Å². The predicted octanol–water partition coefficient (Wildman–Crippen LogP) is 1.62. The van der Waals surface area contributed by atoms with Crippen molar-refractivity contribution in [2.24, 2.45) is 12.1 Å². The number of nitrogens with one attached hydrogen (secondary N) is 1. The molecule has 0 aliphatic rings. The van der Waals surface area contributed by atoms with E-state index in [-0.39, 0.29) is 5.82 Å². The van der Waals surface area contributed by atoms with Crippen molar-refractivity contribution in [1.82, 2.24) is 9.55 Å². The van der Waals surface area contributed by atoms with E-state index in [1.165, 1.54) is 24.3 Å². The van der Waals surface area contributed by atoms with Crippen molar-refractivity contribution >= 4 is 18.3 Å². The first-order chi connectivity index (χ1) is 12.5. The highest BCUT2D eigenvalue weighted by Crippen LogP contribution is 2.21. The van der Waals surface area contributed by atoms with E-state index in [0.29, 0.717) is 17.1 Å². The summed E-state index contributed by atoms with van der Waals surface area (Å²) in [6.45, 7) is 0. The summed E-state index contributed by atoms with van der Waals surface area (Å²) in [6, 6.07) is 11.8. The second-order valence-electron chi connectivity index (χ2n) is 5.57. The van der Waals surface area contributed by atoms with E-state index in [9.17, 15) is 14.4 Å². The van der Waals surface area contributed by atoms with Crippen LogP contribution in [-0.2, 0) is 7.05 Å². The molecule has 0 saturated carbocycles. The van der Waals surface area contributed by atoms with Gasteiger partial charge in [-0.15, -0.1) is 0 Å². The highest BCUT2D eigenvalue weighted by Gasteiger charge is 2.06. The Morgan fingerprint density at radius 2 is 1.88 bits per heavy atom. The standard InChI is InChI=1S/C18H16N4O4/c1-21-17(24)9-16(20-18(21)25)22(2)19-10-14-7-8-15(26-14)13-5-3-12(11-23)4-6-13/h3-11H,1-2H3,(H,20,25)/b19-10+. The van der Waals surface area contributed by atoms with Crippen LogP contribution < -0.4 is 16.3 Å². The maximum absolute atomic E-state index is 11.7. The zero-order valence-corrected chi connectivity index (χ0v) is 14.2. The van der Waals surface area contributed by atoms with E-state index in [1.807, 2.05) is 0 Å². The monoisotopic (exact) mass is 352 g/mol. The minimum atomic E-state index is -0.520. The fourth-order valence-electron chi connectivity index (χ4n) is 2.23. The average molecular weight is 352 g/mol. The highest BCUT2D eigenvalue weighted by molar-refractivity contribution is 5.79. The van der Waals surface area contributed by atoms with E-state index in [2.05, 4.69) is 10.1 Å². The number of hydrogen-bond acceptors (Lipinski definition) is 6. The lowest BCUT2D eigenvalue weighted by molar-refractivity contribution is 0.112. The Labute approximate surface area is 148 Å². The minimum Gasteiger partial charge on any atom is -0.455 e. The number of nitrogens with zero attached hydrogens (tertiary/aromatic N) is 3. The number of anilines is 1. The summed E-state index contributed by atoms with van der Waals surface area (Å²) in [5.74, 6) is 1.40. The third-order valence-corrected chi connectivity index (χ3v) is 3.80. The normalized spacial score (nSPS) is 11.0. The van der Waals surface area contributed by atoms with Gasteiger partial charge in [-0.3, -0.25) is 24.1 Å². The third kappa shape index (κ3) is 3.54. The molecule has 3 aromatic rings. The van der Waals surface area contributed by atoms with E-state index < -0.39 is 11.2 Å². The number of furan rings is 1. The lowest BCUT2D eigenvalue weighted by Gasteiger charge is -2.11. The van der Waals surface area contributed by atoms with Crippen molar-refractivity contribution < 1.29 is 9.21 Å². The maximum Gasteiger partial charge on any atom is 0.329 e. The molecule has 3 rings (SSSR count). The smallest absolute Gasteiger partial charge is 0.329 e. The van der Waals surface area contributed by atoms with Gasteiger partial charge in [0, 0.05) is 31.3 Å². The van der Waals surface area contributed by atoms with Crippen LogP contribution in [0.5, 0.6) is 0 Å². The number of carbonyl (C=O) groups is 1. The number of rotatable bonds is 5. The van der Waals surface area contributed by atoms with Crippen LogP contribution in [0, 0.1) is 0 Å². The van der Waals surface area contributed by atoms with Gasteiger partial charge in [0.05, 0.1) is 6.21 Å². The Balaban J connectivity index is 1.78. The zero-order chi connectivity index (χ0) is 18.7. The number of aromatic amines is 1. The van der Waals surface area contributed by atoms with Gasteiger partial charge in [-0.05, 0) is 12.1 Å². The molecule has 0 aliphatic carbocycles. The summed E-state index contributed by atoms with van der Waals surface area (Å²) in [6.07, 6.45) is 2.25. The number of aldehydes is 1. The minimum absolute atomic E-state index is 0.269. The number of aromatic nitrogens is 2. The number of carbonyl (C=O) groups excluding carboxylic acids is 1. The van der Waals surface area contributed by atoms with Gasteiger partial charge in [0.2, 0.25) is 0 Å². The van der Waals surface area contributed by atoms with E-state index >= 15 is 0 Å². The molecule has 0 spiro atoms. The summed E-state index contributed by atoms with van der Waals surface area (Å²) in [7, 11) is 2.99. The predicted molar refractivity (Wildman–Crippen MR) is 97.8 cm³/mol. The van der Waals surface area contributed by atoms with Gasteiger partial charge in [-0.25, -0.2) is 4.79 Å². The first-order valence-electron chi connectivity index (χ1n) is 7.71. The van der Waals surface area contributed by atoms with Gasteiger partial charge in [0.15, 0.2) is 0 Å². The Bertz CT molecular complexity index is 1040. The van der Waals surface area contributed by atoms with Crippen LogP contribution in [0.4, 0.5) is 5.82 Å². The zero-order valence-electron chi connectivity index (χ0n) is 14.2. The fourth-order valence-corrected chi connectivity index (χ4v) is 2.23. The fraction of sp³-hybridized carbons (Fsp3) is 0.111. The molecule has 2 aromatic heterocycles. The summed E-state index contributed by atoms with van der Waals surface area (Å²) >= 11 is 0. The van der Waals surface area contributed by atoms with E-state index in [4.69, 9.17) is 4.42 Å². The molecule has 8 heteroatoms. The van der Waals surface area contributed by atoms with Crippen LogP contribution in [0.25, 0.3) is 11.3 Å². The molecule has 26 heavy (non-hydrogen) atoms. The molecule has 0 bridgehead atoms. The highest BCUT2D eigenvalue weighted by atomic mass is 16.3. The van der Waals surface area contributed by atoms with Crippen LogP contribution in [0.15, 0.2) is 61.6 Å². The topological polar surface area (TPSA) is 101 Å². The van der Waals surface area contributed by atoms with Gasteiger partial charge < -0.3 is 4.42 Å². The molecule has 0 saturated heterocycles. The van der Waals surface area contributed by atoms with Crippen molar-refractivity contribution in [2.75, 3.05) is 12.1 Å². The van der Waals surface area contributed by atoms with Crippen LogP contribution >= 0.6 is 0 Å². The SMILES string of the molecule is CN(/N=C/c1ccc(-c2ccc(C=O)cc2)o1)c1cc(=O)n(C)c(=O)[nH]1. The van der Waals surface area contributed by atoms with Crippen LogP contribution in [0.2, 0.25) is 0 Å². The Kier molecular flexibility index (Phi) is 4.66. The molecule has 1 aromatic carbocycles. The molecule has 8 nitrogen and oxygen atoms in total. The Hall–Kier alpha value is -3.68. The van der Waals surface area contributed by atoms with Crippen LogP contribution in [0.3, 0.4) is 0 Å². The molecule has 1 N–H and O–H groups in total. The third-order valence-electron chi connectivity index (χ3n) is 3.80. The number of benzene rings is 1. The van der Waals surface area contributed by atoms with Crippen molar-refractivity contribution in [1.29, 1.82) is 0 Å². The molecule has 0 atom stereocenters. The second kappa shape index (κ2) is 7.06. The maximum atomic E-state index is 11.7. The first-order valence-corrected chi connectivity index (χ1v) is 7.71. The molecule has 0 radical (unpaired) electrons. The lowest BCUT2D eigenvalue weighted by atomic mass is 10.1. The average Bonchev–Trinajstić information content (AvgIpc) is 3.12. The molecular weight excluding hydrogens is 336 g/mol. The first kappa shape index (κ1) is 17.2. The summed E-state index contributed by atoms with van der Waals surface area (Å²) in [5.41, 5.74) is 0.477. The van der Waals surface area contributed by atoms with Crippen LogP contribution in [0.1, 0.15) is 16.1 Å². The van der Waals surface area contributed by atoms with Crippen molar-refractivity contribution in [3.63, 3.8) is 0 Å². The molecule has 0 amide bonds. The van der Waals surface area contributed by atoms with Gasteiger partial charge in [0.25, 0.3) is 5.56 Å². The Morgan fingerprint density at radius 1 is 1.15 bits per heavy atom. The summed E-state index contributed by atoms with van der Waals surface area (Å²) < 4.78 is 6.66. The lowest BCUT2D eigenvalue weighted by Crippen LogP contribution is -2.33. The second-order valence-corrected chi connectivity index (χ2v) is 5.57. The molecule has 0 fully saturated rings. The van der Waals surface area contributed by atoms with Crippen molar-refractivity contribution in [3.8, 4) is 11.3 Å². The van der Waals surface area contributed by atoms with Gasteiger partial charge in [-0.1, -0.05) is 24.3 Å². The summed E-state index contributed by atoms with van der Waals surface area (Å²) in [4.78, 5) is 36.6. The number of H-pyrrole nitrogens is 1. The molecular formula is C18H16N4O4. The van der Waals surface area contributed by atoms with Gasteiger partial charge in [0.1, 0.15) is 23.6 Å². The van der Waals surface area contributed by atoms with Crippen LogP contribution in [-0.4, -0.2) is 29.1 Å². The molecule has 0 unspecified atom stereocenters. The van der Waals surface area contributed by atoms with Crippen molar-refractivity contribution in [2.45, 2.75) is 0 Å². The van der Waals surface area contributed by atoms with E-state index in [1.54, 1.807) is 43.4 Å². The van der Waals surface area contributed by atoms with E-state index in [0.717, 1.165) is 16.4 Å². The molecule has 132 valence electrons. The quantitative estimate of drug-likeness (QED) is 0.427. The largest absolute Gasteiger partial charge is 0.455 e. The molecule has 2 heterocycles. The Morgan fingerprint density at radius 3 is 2.54 bits per heavy atom.